The van der Waals surface area contributed by atoms with E-state index in [0.29, 0.717) is 18.7 Å². The number of nitrogens with zero attached hydrogens (tertiary/aromatic N) is 2. The van der Waals surface area contributed by atoms with E-state index in [0.717, 1.165) is 0 Å². The Morgan fingerprint density at radius 2 is 1.59 bits per heavy atom. The summed E-state index contributed by atoms with van der Waals surface area (Å²) in [6.45, 7) is 1.41. The molecule has 0 spiro atoms. The summed E-state index contributed by atoms with van der Waals surface area (Å²) in [5.41, 5.74) is 3.19. The lowest BCUT2D eigenvalue weighted by atomic mass is 10.1. The lowest BCUT2D eigenvalue weighted by Gasteiger charge is -2.14. The van der Waals surface area contributed by atoms with Crippen molar-refractivity contribution in [3.63, 3.8) is 0 Å². The minimum Gasteiger partial charge on any atom is -0.330 e. The van der Waals surface area contributed by atoms with Crippen molar-refractivity contribution in [2.45, 2.75) is 13.1 Å². The predicted octanol–water partition coefficient (Wildman–Crippen LogP) is 2.24. The molecule has 0 saturated carbocycles. The number of pyridine rings is 1. The molecule has 0 atom stereocenters. The van der Waals surface area contributed by atoms with Crippen LogP contribution in [0.5, 0.6) is 0 Å². The number of hydrogen-bond acceptors (Lipinski definition) is 2. The van der Waals surface area contributed by atoms with Crippen LogP contribution in [0.15, 0.2) is 48.8 Å². The molecule has 1 aromatic heterocycles. The molecule has 0 bridgehead atoms. The average Bonchev–Trinajstić information content (AvgIpc) is 2.82. The first-order valence-corrected chi connectivity index (χ1v) is 5.61. The maximum absolute atomic E-state index is 12.2. The van der Waals surface area contributed by atoms with Gasteiger partial charge in [-0.2, -0.15) is 0 Å². The van der Waals surface area contributed by atoms with Crippen molar-refractivity contribution in [2.24, 2.45) is 0 Å². The van der Waals surface area contributed by atoms with Crippen molar-refractivity contribution >= 4 is 5.91 Å². The van der Waals surface area contributed by atoms with E-state index in [1.165, 1.54) is 11.1 Å². The summed E-state index contributed by atoms with van der Waals surface area (Å²) in [4.78, 5) is 18.0. The van der Waals surface area contributed by atoms with Gasteiger partial charge in [-0.1, -0.05) is 24.3 Å². The van der Waals surface area contributed by atoms with Gasteiger partial charge in [0.05, 0.1) is 0 Å². The minimum atomic E-state index is 0.0728. The molecule has 0 saturated heterocycles. The van der Waals surface area contributed by atoms with Gasteiger partial charge in [0, 0.05) is 31.0 Å². The lowest BCUT2D eigenvalue weighted by Crippen LogP contribution is -2.25. The first kappa shape index (κ1) is 10.0. The van der Waals surface area contributed by atoms with Crippen LogP contribution in [0.3, 0.4) is 0 Å². The minimum absolute atomic E-state index is 0.0728. The molecule has 1 amide bonds. The number of aromatic nitrogens is 1. The molecule has 0 N–H and O–H groups in total. The second-order valence-corrected chi connectivity index (χ2v) is 4.17. The van der Waals surface area contributed by atoms with Crippen LogP contribution in [-0.4, -0.2) is 15.8 Å². The standard InChI is InChI=1S/C14H12N2O/c17-14(11-5-7-15-8-6-11)16-9-12-3-1-2-4-13(12)10-16/h1-8H,9-10H2. The van der Waals surface area contributed by atoms with E-state index >= 15 is 0 Å². The Hall–Kier alpha value is -2.16. The lowest BCUT2D eigenvalue weighted by molar-refractivity contribution is 0.0751. The molecule has 2 heterocycles. The van der Waals surface area contributed by atoms with E-state index in [-0.39, 0.29) is 5.91 Å². The number of carbonyl (C=O) groups is 1. The van der Waals surface area contributed by atoms with E-state index < -0.39 is 0 Å². The van der Waals surface area contributed by atoms with Crippen LogP contribution in [0.1, 0.15) is 21.5 Å². The Bertz CT molecular complexity index is 526. The Morgan fingerprint density at radius 1 is 1.00 bits per heavy atom. The zero-order chi connectivity index (χ0) is 11.7. The van der Waals surface area contributed by atoms with Gasteiger partial charge in [0.2, 0.25) is 0 Å². The molecule has 0 radical (unpaired) electrons. The fraction of sp³-hybridized carbons (Fsp3) is 0.143. The second-order valence-electron chi connectivity index (χ2n) is 4.17. The summed E-state index contributed by atoms with van der Waals surface area (Å²) in [6, 6.07) is 11.7. The Balaban J connectivity index is 1.84. The third-order valence-corrected chi connectivity index (χ3v) is 3.06. The Morgan fingerprint density at radius 3 is 2.18 bits per heavy atom. The maximum Gasteiger partial charge on any atom is 0.254 e. The van der Waals surface area contributed by atoms with Crippen LogP contribution in [0, 0.1) is 0 Å². The topological polar surface area (TPSA) is 33.2 Å². The van der Waals surface area contributed by atoms with Gasteiger partial charge >= 0.3 is 0 Å². The van der Waals surface area contributed by atoms with Crippen LogP contribution in [-0.2, 0) is 13.1 Å². The molecule has 2 aromatic rings. The fourth-order valence-corrected chi connectivity index (χ4v) is 2.15. The maximum atomic E-state index is 12.2. The van der Waals surface area contributed by atoms with Gasteiger partial charge in [-0.05, 0) is 23.3 Å². The summed E-state index contributed by atoms with van der Waals surface area (Å²) in [6.07, 6.45) is 3.30. The molecule has 17 heavy (non-hydrogen) atoms. The molecule has 0 fully saturated rings. The van der Waals surface area contributed by atoms with Gasteiger partial charge < -0.3 is 4.90 Å². The van der Waals surface area contributed by atoms with Crippen molar-refractivity contribution in [1.82, 2.24) is 9.88 Å². The van der Waals surface area contributed by atoms with E-state index in [4.69, 9.17) is 0 Å². The quantitative estimate of drug-likeness (QED) is 0.744. The highest BCUT2D eigenvalue weighted by molar-refractivity contribution is 5.94. The summed E-state index contributed by atoms with van der Waals surface area (Å²) in [7, 11) is 0. The first-order chi connectivity index (χ1) is 8.34. The molecule has 0 aliphatic carbocycles. The van der Waals surface area contributed by atoms with Gasteiger partial charge in [0.1, 0.15) is 0 Å². The molecule has 1 aliphatic heterocycles. The summed E-state index contributed by atoms with van der Waals surface area (Å²) in [5, 5.41) is 0. The third kappa shape index (κ3) is 1.80. The van der Waals surface area contributed by atoms with Crippen molar-refractivity contribution < 1.29 is 4.79 Å². The Kier molecular flexibility index (Phi) is 2.37. The van der Waals surface area contributed by atoms with Crippen LogP contribution in [0.2, 0.25) is 0 Å². The average molecular weight is 224 g/mol. The first-order valence-electron chi connectivity index (χ1n) is 5.61. The normalized spacial score (nSPS) is 13.5. The highest BCUT2D eigenvalue weighted by atomic mass is 16.2. The summed E-state index contributed by atoms with van der Waals surface area (Å²) in [5.74, 6) is 0.0728. The Labute approximate surface area is 99.7 Å². The molecule has 3 heteroatoms. The van der Waals surface area contributed by atoms with Gasteiger partial charge in [-0.15, -0.1) is 0 Å². The molecule has 1 aliphatic rings. The largest absolute Gasteiger partial charge is 0.330 e. The number of hydrogen-bond donors (Lipinski definition) is 0. The molecular formula is C14H12N2O. The van der Waals surface area contributed by atoms with Gasteiger partial charge in [-0.3, -0.25) is 9.78 Å². The molecular weight excluding hydrogens is 212 g/mol. The zero-order valence-electron chi connectivity index (χ0n) is 9.34. The van der Waals surface area contributed by atoms with Gasteiger partial charge in [-0.25, -0.2) is 0 Å². The molecule has 3 rings (SSSR count). The highest BCUT2D eigenvalue weighted by Gasteiger charge is 2.23. The van der Waals surface area contributed by atoms with E-state index in [9.17, 15) is 4.79 Å². The van der Waals surface area contributed by atoms with Crippen LogP contribution in [0.4, 0.5) is 0 Å². The number of fused-ring (bicyclic) bond motifs is 1. The number of benzene rings is 1. The SMILES string of the molecule is O=C(c1ccncc1)N1Cc2ccccc2C1. The molecule has 1 aromatic carbocycles. The van der Waals surface area contributed by atoms with E-state index in [1.807, 2.05) is 17.0 Å². The molecule has 3 nitrogen and oxygen atoms in total. The summed E-state index contributed by atoms with van der Waals surface area (Å²) >= 11 is 0. The number of carbonyl (C=O) groups excluding carboxylic acids is 1. The van der Waals surface area contributed by atoms with E-state index in [1.54, 1.807) is 24.5 Å². The number of rotatable bonds is 1. The predicted molar refractivity (Wildman–Crippen MR) is 64.3 cm³/mol. The smallest absolute Gasteiger partial charge is 0.254 e. The molecule has 0 unspecified atom stereocenters. The third-order valence-electron chi connectivity index (χ3n) is 3.06. The van der Waals surface area contributed by atoms with Crippen LogP contribution in [0.25, 0.3) is 0 Å². The van der Waals surface area contributed by atoms with Crippen molar-refractivity contribution in [1.29, 1.82) is 0 Å². The molecule has 84 valence electrons. The van der Waals surface area contributed by atoms with Crippen molar-refractivity contribution in [3.8, 4) is 0 Å². The fourth-order valence-electron chi connectivity index (χ4n) is 2.15. The van der Waals surface area contributed by atoms with Crippen molar-refractivity contribution in [3.05, 3.63) is 65.5 Å². The highest BCUT2D eigenvalue weighted by Crippen LogP contribution is 2.23. The van der Waals surface area contributed by atoms with Gasteiger partial charge in [0.15, 0.2) is 0 Å². The van der Waals surface area contributed by atoms with Crippen LogP contribution < -0.4 is 0 Å². The van der Waals surface area contributed by atoms with E-state index in [2.05, 4.69) is 17.1 Å². The van der Waals surface area contributed by atoms with Crippen molar-refractivity contribution in [2.75, 3.05) is 0 Å². The number of amides is 1. The second kappa shape index (κ2) is 4.01. The monoisotopic (exact) mass is 224 g/mol. The van der Waals surface area contributed by atoms with Gasteiger partial charge in [0.25, 0.3) is 5.91 Å². The van der Waals surface area contributed by atoms with Crippen LogP contribution >= 0.6 is 0 Å². The summed E-state index contributed by atoms with van der Waals surface area (Å²) < 4.78 is 0. The zero-order valence-corrected chi connectivity index (χ0v) is 9.34.